The summed E-state index contributed by atoms with van der Waals surface area (Å²) in [5, 5.41) is 3.38. The van der Waals surface area contributed by atoms with Crippen LogP contribution in [0.2, 0.25) is 0 Å². The molecule has 1 aliphatic rings. The van der Waals surface area contributed by atoms with Gasteiger partial charge >= 0.3 is 0 Å². The number of anilines is 2. The number of methoxy groups -OCH3 is 1. The number of ether oxygens (including phenoxy) is 1. The zero-order valence-corrected chi connectivity index (χ0v) is 13.4. The molecule has 1 fully saturated rings. The fourth-order valence-electron chi connectivity index (χ4n) is 2.55. The van der Waals surface area contributed by atoms with Crippen LogP contribution < -0.4 is 16.0 Å². The van der Waals surface area contributed by atoms with Crippen molar-refractivity contribution in [1.82, 2.24) is 5.32 Å². The van der Waals surface area contributed by atoms with E-state index in [9.17, 15) is 9.59 Å². The number of nitrogens with zero attached hydrogens (tertiary/aromatic N) is 1. The molecular weight excluding hydrogens is 290 g/mol. The normalized spacial score (nSPS) is 16.0. The lowest BCUT2D eigenvalue weighted by molar-refractivity contribution is 0.0819. The lowest BCUT2D eigenvalue weighted by Gasteiger charge is -2.32. The Morgan fingerprint density at radius 3 is 2.48 bits per heavy atom. The van der Waals surface area contributed by atoms with Crippen molar-refractivity contribution in [2.75, 3.05) is 37.9 Å². The number of hydrogen-bond donors (Lipinski definition) is 2. The maximum Gasteiger partial charge on any atom is 0.256 e. The largest absolute Gasteiger partial charge is 0.397 e. The molecule has 0 unspecified atom stereocenters. The summed E-state index contributed by atoms with van der Waals surface area (Å²) in [5.41, 5.74) is 6.73. The number of piperidine rings is 1. The molecule has 3 N–H and O–H groups in total. The van der Waals surface area contributed by atoms with Gasteiger partial charge in [-0.15, -0.1) is 11.3 Å². The standard InChI is InChI=1S/C14H21N3O3S/c1-8(18)12-11(15)10(13(19)16-2)14(21-12)17-6-4-9(20-3)5-7-17/h9H,4-7,15H2,1-3H3,(H,16,19). The molecule has 1 amide bonds. The predicted molar refractivity (Wildman–Crippen MR) is 84.4 cm³/mol. The molecule has 1 aromatic heterocycles. The van der Waals surface area contributed by atoms with Crippen LogP contribution in [0.1, 0.15) is 39.8 Å². The highest BCUT2D eigenvalue weighted by atomic mass is 32.1. The smallest absolute Gasteiger partial charge is 0.256 e. The molecule has 0 aromatic carbocycles. The molecule has 0 saturated carbocycles. The Hall–Kier alpha value is -1.60. The van der Waals surface area contributed by atoms with Gasteiger partial charge in [0.1, 0.15) is 5.00 Å². The quantitative estimate of drug-likeness (QED) is 0.823. The number of carbonyl (C=O) groups is 2. The van der Waals surface area contributed by atoms with Crippen LogP contribution in [0.15, 0.2) is 0 Å². The molecule has 0 aliphatic carbocycles. The number of carbonyl (C=O) groups excluding carboxylic acids is 2. The molecule has 1 aliphatic heterocycles. The van der Waals surface area contributed by atoms with E-state index in [-0.39, 0.29) is 23.5 Å². The van der Waals surface area contributed by atoms with Gasteiger partial charge in [-0.3, -0.25) is 9.59 Å². The minimum Gasteiger partial charge on any atom is -0.397 e. The zero-order valence-electron chi connectivity index (χ0n) is 12.6. The number of Topliss-reactive ketones (excluding diaryl/α,β-unsaturated/α-hetero) is 1. The van der Waals surface area contributed by atoms with Crippen LogP contribution in [-0.4, -0.2) is 45.0 Å². The molecule has 0 radical (unpaired) electrons. The molecule has 2 rings (SSSR count). The summed E-state index contributed by atoms with van der Waals surface area (Å²) in [5.74, 6) is -0.360. The number of ketones is 1. The first-order chi connectivity index (χ1) is 9.99. The molecule has 0 bridgehead atoms. The minimum atomic E-state index is -0.250. The van der Waals surface area contributed by atoms with Gasteiger partial charge in [0, 0.05) is 34.2 Å². The fraction of sp³-hybridized carbons (Fsp3) is 0.571. The average Bonchev–Trinajstić information content (AvgIpc) is 2.84. The van der Waals surface area contributed by atoms with E-state index in [0.717, 1.165) is 30.9 Å². The van der Waals surface area contributed by atoms with Gasteiger partial charge in [-0.1, -0.05) is 0 Å². The minimum absolute atomic E-state index is 0.110. The first-order valence-electron chi connectivity index (χ1n) is 6.92. The third kappa shape index (κ3) is 3.03. The third-order valence-electron chi connectivity index (χ3n) is 3.76. The SMILES string of the molecule is CNC(=O)c1c(N2CCC(OC)CC2)sc(C(C)=O)c1N. The van der Waals surface area contributed by atoms with Gasteiger partial charge in [-0.25, -0.2) is 0 Å². The summed E-state index contributed by atoms with van der Waals surface area (Å²) in [6.45, 7) is 3.05. The number of nitrogen functional groups attached to an aromatic ring is 1. The molecular formula is C14H21N3O3S. The summed E-state index contributed by atoms with van der Waals surface area (Å²) in [4.78, 5) is 26.4. The summed E-state index contributed by atoms with van der Waals surface area (Å²) >= 11 is 1.30. The number of nitrogens with two attached hydrogens (primary N) is 1. The number of nitrogens with one attached hydrogen (secondary N) is 1. The topological polar surface area (TPSA) is 84.7 Å². The van der Waals surface area contributed by atoms with Crippen molar-refractivity contribution in [2.45, 2.75) is 25.9 Å². The molecule has 2 heterocycles. The van der Waals surface area contributed by atoms with E-state index in [0.29, 0.717) is 10.4 Å². The molecule has 1 aromatic rings. The Kier molecular flexibility index (Phi) is 4.84. The third-order valence-corrected chi connectivity index (χ3v) is 5.13. The summed E-state index contributed by atoms with van der Waals surface area (Å²) in [6, 6.07) is 0. The van der Waals surface area contributed by atoms with E-state index < -0.39 is 0 Å². The Morgan fingerprint density at radius 1 is 1.38 bits per heavy atom. The van der Waals surface area contributed by atoms with Crippen LogP contribution in [0.3, 0.4) is 0 Å². The Bertz CT molecular complexity index is 548. The first kappa shape index (κ1) is 15.8. The summed E-state index contributed by atoms with van der Waals surface area (Å²) in [7, 11) is 3.28. The molecule has 6 nitrogen and oxygen atoms in total. The zero-order chi connectivity index (χ0) is 15.6. The van der Waals surface area contributed by atoms with Crippen LogP contribution in [0.5, 0.6) is 0 Å². The molecule has 1 saturated heterocycles. The predicted octanol–water partition coefficient (Wildman–Crippen LogP) is 1.51. The fourth-order valence-corrected chi connectivity index (χ4v) is 3.72. The highest BCUT2D eigenvalue weighted by Crippen LogP contribution is 2.39. The molecule has 116 valence electrons. The van der Waals surface area contributed by atoms with Crippen LogP contribution in [0.4, 0.5) is 10.7 Å². The average molecular weight is 311 g/mol. The highest BCUT2D eigenvalue weighted by Gasteiger charge is 2.29. The van der Waals surface area contributed by atoms with Gasteiger partial charge < -0.3 is 20.7 Å². The second-order valence-electron chi connectivity index (χ2n) is 5.08. The molecule has 0 atom stereocenters. The van der Waals surface area contributed by atoms with Crippen LogP contribution in [0.25, 0.3) is 0 Å². The number of rotatable bonds is 4. The van der Waals surface area contributed by atoms with Gasteiger partial charge in [0.2, 0.25) is 0 Å². The van der Waals surface area contributed by atoms with Crippen molar-refractivity contribution in [3.05, 3.63) is 10.4 Å². The van der Waals surface area contributed by atoms with Gasteiger partial charge in [-0.05, 0) is 12.8 Å². The summed E-state index contributed by atoms with van der Waals surface area (Å²) < 4.78 is 5.36. The maximum absolute atomic E-state index is 12.1. The van der Waals surface area contributed by atoms with Gasteiger partial charge in [-0.2, -0.15) is 0 Å². The van der Waals surface area contributed by atoms with E-state index in [1.807, 2.05) is 0 Å². The summed E-state index contributed by atoms with van der Waals surface area (Å²) in [6.07, 6.45) is 2.06. The second kappa shape index (κ2) is 6.44. The molecule has 7 heteroatoms. The van der Waals surface area contributed by atoms with Crippen molar-refractivity contribution in [3.63, 3.8) is 0 Å². The van der Waals surface area contributed by atoms with Gasteiger partial charge in [0.05, 0.1) is 22.2 Å². The monoisotopic (exact) mass is 311 g/mol. The van der Waals surface area contributed by atoms with E-state index in [1.54, 1.807) is 14.2 Å². The maximum atomic E-state index is 12.1. The van der Waals surface area contributed by atoms with Gasteiger partial charge in [0.25, 0.3) is 5.91 Å². The van der Waals surface area contributed by atoms with Crippen molar-refractivity contribution >= 4 is 33.7 Å². The second-order valence-corrected chi connectivity index (χ2v) is 6.08. The molecule has 21 heavy (non-hydrogen) atoms. The number of thiophene rings is 1. The Labute approximate surface area is 128 Å². The van der Waals surface area contributed by atoms with Crippen molar-refractivity contribution < 1.29 is 14.3 Å². The van der Waals surface area contributed by atoms with E-state index in [1.165, 1.54) is 18.3 Å². The molecule has 0 spiro atoms. The van der Waals surface area contributed by atoms with E-state index >= 15 is 0 Å². The highest BCUT2D eigenvalue weighted by molar-refractivity contribution is 7.19. The van der Waals surface area contributed by atoms with Crippen LogP contribution >= 0.6 is 11.3 Å². The number of amides is 1. The van der Waals surface area contributed by atoms with Gasteiger partial charge in [0.15, 0.2) is 5.78 Å². The van der Waals surface area contributed by atoms with E-state index in [4.69, 9.17) is 10.5 Å². The lowest BCUT2D eigenvalue weighted by atomic mass is 10.1. The number of hydrogen-bond acceptors (Lipinski definition) is 6. The van der Waals surface area contributed by atoms with Crippen molar-refractivity contribution in [1.29, 1.82) is 0 Å². The van der Waals surface area contributed by atoms with Crippen molar-refractivity contribution in [3.8, 4) is 0 Å². The Morgan fingerprint density at radius 2 is 2.00 bits per heavy atom. The first-order valence-corrected chi connectivity index (χ1v) is 7.74. The van der Waals surface area contributed by atoms with Crippen LogP contribution in [0, 0.1) is 0 Å². The van der Waals surface area contributed by atoms with E-state index in [2.05, 4.69) is 10.2 Å². The van der Waals surface area contributed by atoms with Crippen LogP contribution in [-0.2, 0) is 4.74 Å². The Balaban J connectivity index is 2.36. The van der Waals surface area contributed by atoms with Crippen molar-refractivity contribution in [2.24, 2.45) is 0 Å². The lowest BCUT2D eigenvalue weighted by Crippen LogP contribution is -2.37.